The van der Waals surface area contributed by atoms with Crippen molar-refractivity contribution in [2.24, 2.45) is 0 Å². The van der Waals surface area contributed by atoms with Crippen LogP contribution < -0.4 is 5.32 Å². The number of aromatic nitrogens is 2. The van der Waals surface area contributed by atoms with Gasteiger partial charge in [-0.3, -0.25) is 14.9 Å². The zero-order valence-electron chi connectivity index (χ0n) is 14.2. The highest BCUT2D eigenvalue weighted by Gasteiger charge is 2.22. The first-order valence-corrected chi connectivity index (χ1v) is 9.47. The molecule has 2 aromatic rings. The molecule has 4 rings (SSSR count). The Hall–Kier alpha value is -1.30. The fourth-order valence-electron chi connectivity index (χ4n) is 3.49. The molecule has 0 aromatic carbocycles. The molecule has 2 saturated heterocycles. The lowest BCUT2D eigenvalue weighted by Gasteiger charge is -2.19. The molecule has 0 radical (unpaired) electrons. The summed E-state index contributed by atoms with van der Waals surface area (Å²) in [6.07, 6.45) is 12.7. The van der Waals surface area contributed by atoms with E-state index in [-0.39, 0.29) is 0 Å². The van der Waals surface area contributed by atoms with Gasteiger partial charge in [0.15, 0.2) is 0 Å². The molecular weight excluding hydrogens is 364 g/mol. The molecule has 128 valence electrons. The van der Waals surface area contributed by atoms with Crippen molar-refractivity contribution in [2.45, 2.75) is 37.8 Å². The molecule has 4 heterocycles. The fraction of sp³-hybridized carbons (Fsp3) is 0.474. The topological polar surface area (TPSA) is 41.1 Å². The molecule has 0 bridgehead atoms. The Labute approximate surface area is 152 Å². The SMILES string of the molecule is CN1CCC[C@H]1c1cncc(Br)c1.c1cncc(C2CCCN2)c1. The Balaban J connectivity index is 0.000000143. The molecule has 0 saturated carbocycles. The number of hydrogen-bond acceptors (Lipinski definition) is 4. The lowest BCUT2D eigenvalue weighted by atomic mass is 10.1. The van der Waals surface area contributed by atoms with Crippen molar-refractivity contribution in [1.82, 2.24) is 20.2 Å². The van der Waals surface area contributed by atoms with E-state index in [1.165, 1.54) is 43.4 Å². The van der Waals surface area contributed by atoms with Crippen LogP contribution in [0.5, 0.6) is 0 Å². The van der Waals surface area contributed by atoms with Crippen LogP contribution in [0.4, 0.5) is 0 Å². The zero-order chi connectivity index (χ0) is 16.8. The highest BCUT2D eigenvalue weighted by atomic mass is 79.9. The van der Waals surface area contributed by atoms with E-state index in [2.05, 4.69) is 55.3 Å². The quantitative estimate of drug-likeness (QED) is 0.839. The van der Waals surface area contributed by atoms with Gasteiger partial charge >= 0.3 is 0 Å². The first-order valence-electron chi connectivity index (χ1n) is 8.68. The third kappa shape index (κ3) is 4.62. The number of likely N-dealkylation sites (tertiary alicyclic amines) is 1. The van der Waals surface area contributed by atoms with E-state index in [1.54, 1.807) is 0 Å². The molecule has 2 fully saturated rings. The highest BCUT2D eigenvalue weighted by molar-refractivity contribution is 9.10. The highest BCUT2D eigenvalue weighted by Crippen LogP contribution is 2.30. The summed E-state index contributed by atoms with van der Waals surface area (Å²) in [5.41, 5.74) is 2.65. The number of rotatable bonds is 2. The number of nitrogens with one attached hydrogen (secondary N) is 1. The Bertz CT molecular complexity index is 628. The molecular formula is C19H25BrN4. The summed E-state index contributed by atoms with van der Waals surface area (Å²) >= 11 is 3.45. The minimum Gasteiger partial charge on any atom is -0.310 e. The van der Waals surface area contributed by atoms with E-state index < -0.39 is 0 Å². The molecule has 1 unspecified atom stereocenters. The summed E-state index contributed by atoms with van der Waals surface area (Å²) in [7, 11) is 2.18. The average Bonchev–Trinajstić information content (AvgIpc) is 3.28. The van der Waals surface area contributed by atoms with E-state index in [4.69, 9.17) is 0 Å². The van der Waals surface area contributed by atoms with Crippen LogP contribution in [-0.4, -0.2) is 35.0 Å². The third-order valence-corrected chi connectivity index (χ3v) is 5.21. The molecule has 2 aromatic heterocycles. The van der Waals surface area contributed by atoms with Crippen molar-refractivity contribution in [3.05, 3.63) is 58.6 Å². The van der Waals surface area contributed by atoms with Crippen molar-refractivity contribution in [3.8, 4) is 0 Å². The summed E-state index contributed by atoms with van der Waals surface area (Å²) in [6.45, 7) is 2.36. The normalized spacial score (nSPS) is 23.8. The Morgan fingerprint density at radius 2 is 2.00 bits per heavy atom. The summed E-state index contributed by atoms with van der Waals surface area (Å²) in [6, 6.07) is 7.43. The molecule has 0 spiro atoms. The van der Waals surface area contributed by atoms with Gasteiger partial charge in [-0.05, 0) is 85.0 Å². The van der Waals surface area contributed by atoms with Gasteiger partial charge in [-0.2, -0.15) is 0 Å². The maximum atomic E-state index is 4.19. The molecule has 1 N–H and O–H groups in total. The van der Waals surface area contributed by atoms with Crippen LogP contribution in [0, 0.1) is 0 Å². The second-order valence-corrected chi connectivity index (χ2v) is 7.43. The van der Waals surface area contributed by atoms with Crippen LogP contribution in [0.1, 0.15) is 48.9 Å². The predicted molar refractivity (Wildman–Crippen MR) is 101 cm³/mol. The molecule has 24 heavy (non-hydrogen) atoms. The van der Waals surface area contributed by atoms with Crippen molar-refractivity contribution >= 4 is 15.9 Å². The van der Waals surface area contributed by atoms with Crippen LogP contribution in [0.15, 0.2) is 47.5 Å². The van der Waals surface area contributed by atoms with E-state index in [1.807, 2.05) is 30.9 Å². The molecule has 2 atom stereocenters. The van der Waals surface area contributed by atoms with Crippen LogP contribution in [-0.2, 0) is 0 Å². The minimum absolute atomic E-state index is 0.559. The lowest BCUT2D eigenvalue weighted by Crippen LogP contribution is -2.17. The fourth-order valence-corrected chi connectivity index (χ4v) is 3.88. The first kappa shape index (κ1) is 17.5. The summed E-state index contributed by atoms with van der Waals surface area (Å²) in [4.78, 5) is 10.7. The maximum Gasteiger partial charge on any atom is 0.0410 e. The largest absolute Gasteiger partial charge is 0.310 e. The summed E-state index contributed by atoms with van der Waals surface area (Å²) in [5, 5.41) is 3.43. The van der Waals surface area contributed by atoms with Gasteiger partial charge in [0.2, 0.25) is 0 Å². The third-order valence-electron chi connectivity index (χ3n) is 4.78. The van der Waals surface area contributed by atoms with Gasteiger partial charge < -0.3 is 5.32 Å². The molecule has 5 heteroatoms. The summed E-state index contributed by atoms with van der Waals surface area (Å²) in [5.74, 6) is 0. The monoisotopic (exact) mass is 388 g/mol. The van der Waals surface area contributed by atoms with Gasteiger partial charge in [-0.1, -0.05) is 6.07 Å². The van der Waals surface area contributed by atoms with Crippen molar-refractivity contribution in [2.75, 3.05) is 20.1 Å². The number of halogens is 1. The second-order valence-electron chi connectivity index (χ2n) is 6.51. The molecule has 2 aliphatic rings. The van der Waals surface area contributed by atoms with Gasteiger partial charge in [0, 0.05) is 41.3 Å². The van der Waals surface area contributed by atoms with Crippen molar-refractivity contribution in [3.63, 3.8) is 0 Å². The Kier molecular flexibility index (Phi) is 6.35. The molecule has 0 amide bonds. The lowest BCUT2D eigenvalue weighted by molar-refractivity contribution is 0.317. The van der Waals surface area contributed by atoms with Crippen LogP contribution in [0.25, 0.3) is 0 Å². The van der Waals surface area contributed by atoms with E-state index >= 15 is 0 Å². The smallest absolute Gasteiger partial charge is 0.0410 e. The van der Waals surface area contributed by atoms with Crippen LogP contribution >= 0.6 is 15.9 Å². The maximum absolute atomic E-state index is 4.19. The van der Waals surface area contributed by atoms with Crippen molar-refractivity contribution in [1.29, 1.82) is 0 Å². The zero-order valence-corrected chi connectivity index (χ0v) is 15.7. The Morgan fingerprint density at radius 1 is 1.12 bits per heavy atom. The molecule has 2 aliphatic heterocycles. The average molecular weight is 389 g/mol. The van der Waals surface area contributed by atoms with Crippen LogP contribution in [0.3, 0.4) is 0 Å². The molecule has 0 aliphatic carbocycles. The molecule has 4 nitrogen and oxygen atoms in total. The van der Waals surface area contributed by atoms with Gasteiger partial charge in [0.05, 0.1) is 0 Å². The number of pyridine rings is 2. The number of hydrogen-bond donors (Lipinski definition) is 1. The van der Waals surface area contributed by atoms with Gasteiger partial charge in [0.1, 0.15) is 0 Å². The van der Waals surface area contributed by atoms with Crippen molar-refractivity contribution < 1.29 is 0 Å². The standard InChI is InChI=1S/C10H13BrN2.C9H12N2/c1-13-4-2-3-10(13)8-5-9(11)7-12-6-8;1-3-8(7-10-5-1)9-4-2-6-11-9/h5-7,10H,2-4H2,1H3;1,3,5,7,9,11H,2,4,6H2/t10-;/m0./s1. The van der Waals surface area contributed by atoms with E-state index in [9.17, 15) is 0 Å². The number of nitrogens with zero attached hydrogens (tertiary/aromatic N) is 3. The minimum atomic E-state index is 0.559. The predicted octanol–water partition coefficient (Wildman–Crippen LogP) is 4.12. The Morgan fingerprint density at radius 3 is 2.62 bits per heavy atom. The van der Waals surface area contributed by atoms with E-state index in [0.717, 1.165) is 11.0 Å². The van der Waals surface area contributed by atoms with Crippen LogP contribution in [0.2, 0.25) is 0 Å². The van der Waals surface area contributed by atoms with Gasteiger partial charge in [-0.25, -0.2) is 0 Å². The second kappa shape index (κ2) is 8.70. The van der Waals surface area contributed by atoms with E-state index in [0.29, 0.717) is 12.1 Å². The first-order chi connectivity index (χ1) is 11.7. The van der Waals surface area contributed by atoms with Gasteiger partial charge in [-0.15, -0.1) is 0 Å². The summed E-state index contributed by atoms with van der Waals surface area (Å²) < 4.78 is 1.07. The van der Waals surface area contributed by atoms with Gasteiger partial charge in [0.25, 0.3) is 0 Å².